The molecule has 0 spiro atoms. The van der Waals surface area contributed by atoms with Crippen LogP contribution in [0.15, 0.2) is 36.2 Å². The molecule has 0 fully saturated rings. The number of anilines is 2. The number of hydrogen-bond donors (Lipinski definition) is 4. The summed E-state index contributed by atoms with van der Waals surface area (Å²) < 4.78 is 37.1. The van der Waals surface area contributed by atoms with Gasteiger partial charge in [0, 0.05) is 17.9 Å². The Morgan fingerprint density at radius 1 is 1.33 bits per heavy atom. The highest BCUT2D eigenvalue weighted by atomic mass is 19.4. The normalized spacial score (nSPS) is 18.7. The first-order valence-corrected chi connectivity index (χ1v) is 9.86. The number of hydrogen-bond acceptors (Lipinski definition) is 6. The van der Waals surface area contributed by atoms with Crippen LogP contribution in [-0.2, 0) is 5.41 Å². The number of nitrogens with zero attached hydrogens (tertiary/aromatic N) is 2. The van der Waals surface area contributed by atoms with Gasteiger partial charge in [-0.1, -0.05) is 39.0 Å². The van der Waals surface area contributed by atoms with Crippen molar-refractivity contribution in [2.75, 3.05) is 17.6 Å². The van der Waals surface area contributed by atoms with E-state index in [9.17, 15) is 13.2 Å². The molecular weight excluding hydrogens is 393 g/mol. The zero-order chi connectivity index (χ0) is 22.7. The third kappa shape index (κ3) is 4.83. The quantitative estimate of drug-likeness (QED) is 0.338. The Kier molecular flexibility index (Phi) is 6.95. The molecule has 2 heterocycles. The standard InChI is InChI=1S/C21H29F3N6/c1-6-8-12(3)20(5)13(4)28-19-16(20)17(26)29-18(30-19)15(25)11-14(7-2)27-10-9-21(22,23)24/h11,25,27H,3-4,6-10H2,1-2,5H3,(H3,26,28,29,30)/b14-11-,25-15?. The van der Waals surface area contributed by atoms with Crippen molar-refractivity contribution in [2.45, 2.75) is 58.0 Å². The van der Waals surface area contributed by atoms with E-state index in [2.05, 4.69) is 40.7 Å². The van der Waals surface area contributed by atoms with E-state index in [1.807, 2.05) is 6.92 Å². The Morgan fingerprint density at radius 3 is 2.57 bits per heavy atom. The number of aromatic nitrogens is 2. The molecule has 1 aliphatic rings. The largest absolute Gasteiger partial charge is 0.390 e. The summed E-state index contributed by atoms with van der Waals surface area (Å²) in [7, 11) is 0. The molecule has 30 heavy (non-hydrogen) atoms. The number of halogens is 3. The molecule has 0 bridgehead atoms. The molecule has 0 radical (unpaired) electrons. The average Bonchev–Trinajstić information content (AvgIpc) is 2.91. The maximum atomic E-state index is 12.4. The number of nitrogens with two attached hydrogens (primary N) is 1. The summed E-state index contributed by atoms with van der Waals surface area (Å²) in [6.07, 6.45) is -1.61. The molecule has 0 aliphatic carbocycles. The molecule has 9 heteroatoms. The molecule has 1 unspecified atom stereocenters. The lowest BCUT2D eigenvalue weighted by atomic mass is 9.75. The molecule has 1 aromatic heterocycles. The van der Waals surface area contributed by atoms with Gasteiger partial charge in [-0.25, -0.2) is 9.97 Å². The molecule has 0 aromatic carbocycles. The summed E-state index contributed by atoms with van der Waals surface area (Å²) in [5.74, 6) is 0.783. The lowest BCUT2D eigenvalue weighted by Gasteiger charge is -2.28. The van der Waals surface area contributed by atoms with Gasteiger partial charge in [-0.05, 0) is 25.8 Å². The Bertz CT molecular complexity index is 887. The topological polar surface area (TPSA) is 99.7 Å². The predicted octanol–water partition coefficient (Wildman–Crippen LogP) is 4.82. The molecule has 1 aromatic rings. The van der Waals surface area contributed by atoms with Crippen molar-refractivity contribution < 1.29 is 13.2 Å². The van der Waals surface area contributed by atoms with Crippen LogP contribution >= 0.6 is 0 Å². The van der Waals surface area contributed by atoms with E-state index >= 15 is 0 Å². The molecule has 1 atom stereocenters. The first kappa shape index (κ1) is 23.4. The van der Waals surface area contributed by atoms with Gasteiger partial charge in [-0.15, -0.1) is 0 Å². The highest BCUT2D eigenvalue weighted by Crippen LogP contribution is 2.49. The predicted molar refractivity (Wildman–Crippen MR) is 114 cm³/mol. The Hall–Kier alpha value is -2.84. The van der Waals surface area contributed by atoms with Crippen molar-refractivity contribution >= 4 is 17.3 Å². The second-order valence-corrected chi connectivity index (χ2v) is 7.47. The monoisotopic (exact) mass is 422 g/mol. The number of fused-ring (bicyclic) bond motifs is 1. The van der Waals surface area contributed by atoms with E-state index in [0.29, 0.717) is 29.2 Å². The average molecular weight is 422 g/mol. The number of allylic oxidation sites excluding steroid dienone is 3. The second kappa shape index (κ2) is 8.89. The van der Waals surface area contributed by atoms with Gasteiger partial charge in [0.2, 0.25) is 0 Å². The van der Waals surface area contributed by atoms with Crippen molar-refractivity contribution in [2.24, 2.45) is 0 Å². The number of alkyl halides is 3. The van der Waals surface area contributed by atoms with E-state index in [4.69, 9.17) is 11.1 Å². The molecule has 2 rings (SSSR count). The van der Waals surface area contributed by atoms with Crippen LogP contribution in [0.3, 0.4) is 0 Å². The van der Waals surface area contributed by atoms with E-state index in [-0.39, 0.29) is 23.9 Å². The van der Waals surface area contributed by atoms with Crippen LogP contribution in [0.5, 0.6) is 0 Å². The first-order valence-electron chi connectivity index (χ1n) is 9.86. The van der Waals surface area contributed by atoms with E-state index < -0.39 is 18.0 Å². The fraction of sp³-hybridized carbons (Fsp3) is 0.476. The fourth-order valence-electron chi connectivity index (χ4n) is 3.42. The summed E-state index contributed by atoms with van der Waals surface area (Å²) in [6.45, 7) is 13.8. The van der Waals surface area contributed by atoms with Gasteiger partial charge in [0.25, 0.3) is 0 Å². The van der Waals surface area contributed by atoms with Crippen molar-refractivity contribution in [1.82, 2.24) is 15.3 Å². The van der Waals surface area contributed by atoms with Gasteiger partial charge in [-0.2, -0.15) is 13.2 Å². The van der Waals surface area contributed by atoms with E-state index in [1.165, 1.54) is 6.08 Å². The summed E-state index contributed by atoms with van der Waals surface area (Å²) in [4.78, 5) is 8.72. The smallest absolute Gasteiger partial charge is 0.388 e. The molecule has 1 aliphatic heterocycles. The highest BCUT2D eigenvalue weighted by molar-refractivity contribution is 6.04. The molecule has 6 nitrogen and oxygen atoms in total. The van der Waals surface area contributed by atoms with Gasteiger partial charge < -0.3 is 16.4 Å². The minimum Gasteiger partial charge on any atom is -0.388 e. The number of nitrogen functional groups attached to an aromatic ring is 1. The maximum Gasteiger partial charge on any atom is 0.390 e. The lowest BCUT2D eigenvalue weighted by Crippen LogP contribution is -2.26. The van der Waals surface area contributed by atoms with Gasteiger partial charge in [0.15, 0.2) is 5.82 Å². The minimum absolute atomic E-state index is 0.0470. The first-order chi connectivity index (χ1) is 13.9. The minimum atomic E-state index is -4.24. The second-order valence-electron chi connectivity index (χ2n) is 7.47. The third-order valence-electron chi connectivity index (χ3n) is 5.27. The SMILES string of the molecule is C=C(CCC)C1(C)C(=C)Nc2nc(C(=N)/C=C(/CC)NCCC(F)(F)F)nc(N)c21. The van der Waals surface area contributed by atoms with Crippen LogP contribution in [0.4, 0.5) is 24.8 Å². The molecule has 0 saturated heterocycles. The summed E-state index contributed by atoms with van der Waals surface area (Å²) in [5.41, 5.74) is 8.40. The van der Waals surface area contributed by atoms with Crippen LogP contribution in [0.2, 0.25) is 0 Å². The molecule has 5 N–H and O–H groups in total. The van der Waals surface area contributed by atoms with Crippen molar-refractivity contribution in [1.29, 1.82) is 5.41 Å². The van der Waals surface area contributed by atoms with Crippen LogP contribution in [0, 0.1) is 5.41 Å². The molecule has 0 amide bonds. The van der Waals surface area contributed by atoms with Crippen molar-refractivity contribution in [3.63, 3.8) is 0 Å². The van der Waals surface area contributed by atoms with Gasteiger partial charge in [-0.3, -0.25) is 5.41 Å². The van der Waals surface area contributed by atoms with Crippen LogP contribution in [0.25, 0.3) is 0 Å². The van der Waals surface area contributed by atoms with Crippen LogP contribution < -0.4 is 16.4 Å². The van der Waals surface area contributed by atoms with Gasteiger partial charge >= 0.3 is 6.18 Å². The molecule has 164 valence electrons. The Balaban J connectivity index is 2.30. The third-order valence-corrected chi connectivity index (χ3v) is 5.27. The van der Waals surface area contributed by atoms with Crippen molar-refractivity contribution in [3.05, 3.63) is 47.6 Å². The zero-order valence-electron chi connectivity index (χ0n) is 17.6. The number of nitrogens with one attached hydrogen (secondary N) is 3. The fourth-order valence-corrected chi connectivity index (χ4v) is 3.42. The summed E-state index contributed by atoms with van der Waals surface area (Å²) in [5, 5.41) is 14.1. The maximum absolute atomic E-state index is 12.4. The molecular formula is C21H29F3N6. The Morgan fingerprint density at radius 2 is 2.00 bits per heavy atom. The Labute approximate surface area is 175 Å². The van der Waals surface area contributed by atoms with E-state index in [1.54, 1.807) is 6.92 Å². The number of rotatable bonds is 9. The lowest BCUT2D eigenvalue weighted by molar-refractivity contribution is -0.133. The summed E-state index contributed by atoms with van der Waals surface area (Å²) in [6, 6.07) is 0. The van der Waals surface area contributed by atoms with Crippen molar-refractivity contribution in [3.8, 4) is 0 Å². The molecule has 0 saturated carbocycles. The van der Waals surface area contributed by atoms with E-state index in [0.717, 1.165) is 18.4 Å². The van der Waals surface area contributed by atoms with Crippen LogP contribution in [0.1, 0.15) is 57.8 Å². The zero-order valence-corrected chi connectivity index (χ0v) is 17.6. The van der Waals surface area contributed by atoms with Crippen LogP contribution in [-0.4, -0.2) is 28.4 Å². The van der Waals surface area contributed by atoms with Gasteiger partial charge in [0.05, 0.1) is 17.4 Å². The van der Waals surface area contributed by atoms with Gasteiger partial charge in [0.1, 0.15) is 17.3 Å². The highest BCUT2D eigenvalue weighted by Gasteiger charge is 2.43. The summed E-state index contributed by atoms with van der Waals surface area (Å²) >= 11 is 0.